The Morgan fingerprint density at radius 2 is 1.76 bits per heavy atom. The lowest BCUT2D eigenvalue weighted by Gasteiger charge is -2.26. The lowest BCUT2D eigenvalue weighted by atomic mass is 10.1. The molecule has 1 aliphatic rings. The van der Waals surface area contributed by atoms with Gasteiger partial charge < -0.3 is 9.64 Å². The number of nitro groups is 1. The number of carbonyl (C=O) groups excluding carboxylic acids is 1. The number of ether oxygens (including phenoxy) is 1. The molecule has 0 bridgehead atoms. The molecule has 0 aliphatic carbocycles. The van der Waals surface area contributed by atoms with E-state index in [9.17, 15) is 14.9 Å². The van der Waals surface area contributed by atoms with Crippen molar-refractivity contribution < 1.29 is 14.5 Å². The average molecular weight is 394 g/mol. The van der Waals surface area contributed by atoms with E-state index in [-0.39, 0.29) is 11.7 Å². The Hall–Kier alpha value is -3.79. The van der Waals surface area contributed by atoms with Gasteiger partial charge >= 0.3 is 6.03 Å². The second-order valence-electron chi connectivity index (χ2n) is 6.37. The molecule has 1 N–H and O–H groups in total. The van der Waals surface area contributed by atoms with Crippen molar-refractivity contribution in [2.75, 3.05) is 31.6 Å². The van der Waals surface area contributed by atoms with Crippen LogP contribution in [0.1, 0.15) is 0 Å². The van der Waals surface area contributed by atoms with Crippen LogP contribution in [0.25, 0.3) is 16.9 Å². The van der Waals surface area contributed by atoms with E-state index in [1.54, 1.807) is 21.7 Å². The summed E-state index contributed by atoms with van der Waals surface area (Å²) in [5.41, 5.74) is 1.96. The molecule has 10 heteroatoms. The fourth-order valence-electron chi connectivity index (χ4n) is 3.06. The quantitative estimate of drug-likeness (QED) is 0.537. The van der Waals surface area contributed by atoms with Crippen LogP contribution in [0, 0.1) is 10.1 Å². The van der Waals surface area contributed by atoms with Crippen molar-refractivity contribution in [2.45, 2.75) is 0 Å². The zero-order valence-electron chi connectivity index (χ0n) is 15.4. The summed E-state index contributed by atoms with van der Waals surface area (Å²) in [5.74, 6) is 0.311. The number of anilines is 1. The normalized spacial score (nSPS) is 13.9. The molecule has 10 nitrogen and oxygen atoms in total. The highest BCUT2D eigenvalue weighted by Gasteiger charge is 2.22. The van der Waals surface area contributed by atoms with Gasteiger partial charge in [0.25, 0.3) is 5.69 Å². The monoisotopic (exact) mass is 394 g/mol. The standard InChI is InChI=1S/C19H18N6O4/c26-19(23-10-12-29-13-11-23)20-18-17(14-4-2-1-3-5-14)24(22-21-18)15-6-8-16(9-7-15)25(27)28/h1-9H,10-13H2,(H,20,26). The summed E-state index contributed by atoms with van der Waals surface area (Å²) < 4.78 is 6.83. The molecule has 1 aliphatic heterocycles. The highest BCUT2D eigenvalue weighted by Crippen LogP contribution is 2.29. The maximum absolute atomic E-state index is 12.6. The number of nitrogens with one attached hydrogen (secondary N) is 1. The fourth-order valence-corrected chi connectivity index (χ4v) is 3.06. The first-order chi connectivity index (χ1) is 14.1. The predicted octanol–water partition coefficient (Wildman–Crippen LogP) is 2.71. The molecule has 148 valence electrons. The molecule has 3 aromatic rings. The second-order valence-corrected chi connectivity index (χ2v) is 6.37. The molecule has 2 amide bonds. The largest absolute Gasteiger partial charge is 0.378 e. The second kappa shape index (κ2) is 8.07. The van der Waals surface area contributed by atoms with Crippen LogP contribution in [-0.4, -0.2) is 57.2 Å². The van der Waals surface area contributed by atoms with Gasteiger partial charge in [0, 0.05) is 30.8 Å². The SMILES string of the molecule is O=C(Nc1nnn(-c2ccc([N+](=O)[O-])cc2)c1-c1ccccc1)N1CCOCC1. The molecule has 1 aromatic heterocycles. The van der Waals surface area contributed by atoms with E-state index in [4.69, 9.17) is 4.74 Å². The Balaban J connectivity index is 1.70. The molecule has 0 radical (unpaired) electrons. The molecule has 2 aromatic carbocycles. The molecular formula is C19H18N6O4. The number of morpholine rings is 1. The summed E-state index contributed by atoms with van der Waals surface area (Å²) in [7, 11) is 0. The van der Waals surface area contributed by atoms with Crippen molar-refractivity contribution in [3.05, 3.63) is 64.7 Å². The molecule has 4 rings (SSSR count). The first-order valence-electron chi connectivity index (χ1n) is 9.03. The van der Waals surface area contributed by atoms with Crippen LogP contribution in [0.3, 0.4) is 0 Å². The number of urea groups is 1. The molecule has 29 heavy (non-hydrogen) atoms. The zero-order valence-corrected chi connectivity index (χ0v) is 15.4. The summed E-state index contributed by atoms with van der Waals surface area (Å²) in [5, 5.41) is 22.1. The van der Waals surface area contributed by atoms with E-state index in [0.717, 1.165) is 5.56 Å². The number of hydrogen-bond donors (Lipinski definition) is 1. The maximum atomic E-state index is 12.6. The summed E-state index contributed by atoms with van der Waals surface area (Å²) in [6.07, 6.45) is 0. The maximum Gasteiger partial charge on any atom is 0.323 e. The van der Waals surface area contributed by atoms with Gasteiger partial charge in [0.1, 0.15) is 5.69 Å². The topological polar surface area (TPSA) is 115 Å². The van der Waals surface area contributed by atoms with Gasteiger partial charge in [0.2, 0.25) is 0 Å². The van der Waals surface area contributed by atoms with Gasteiger partial charge in [-0.05, 0) is 12.1 Å². The molecule has 1 saturated heterocycles. The number of nitrogens with zero attached hydrogens (tertiary/aromatic N) is 5. The Morgan fingerprint density at radius 3 is 2.41 bits per heavy atom. The lowest BCUT2D eigenvalue weighted by molar-refractivity contribution is -0.384. The molecule has 0 atom stereocenters. The highest BCUT2D eigenvalue weighted by atomic mass is 16.6. The Kier molecular flexibility index (Phi) is 5.16. The number of carbonyl (C=O) groups is 1. The lowest BCUT2D eigenvalue weighted by Crippen LogP contribution is -2.43. The van der Waals surface area contributed by atoms with Crippen molar-refractivity contribution in [1.29, 1.82) is 0 Å². The number of aromatic nitrogens is 3. The van der Waals surface area contributed by atoms with E-state index in [1.807, 2.05) is 30.3 Å². The summed E-state index contributed by atoms with van der Waals surface area (Å²) >= 11 is 0. The van der Waals surface area contributed by atoms with Crippen LogP contribution in [0.2, 0.25) is 0 Å². The van der Waals surface area contributed by atoms with E-state index in [1.165, 1.54) is 12.1 Å². The minimum atomic E-state index is -0.461. The van der Waals surface area contributed by atoms with Crippen molar-refractivity contribution in [3.63, 3.8) is 0 Å². The summed E-state index contributed by atoms with van der Waals surface area (Å²) in [4.78, 5) is 24.7. The van der Waals surface area contributed by atoms with Gasteiger partial charge in [0.15, 0.2) is 5.82 Å². The van der Waals surface area contributed by atoms with Crippen LogP contribution in [0.5, 0.6) is 0 Å². The summed E-state index contributed by atoms with van der Waals surface area (Å²) in [6.45, 7) is 1.99. The van der Waals surface area contributed by atoms with Gasteiger partial charge in [-0.1, -0.05) is 35.5 Å². The Bertz CT molecular complexity index is 1010. The molecule has 0 saturated carbocycles. The van der Waals surface area contributed by atoms with Crippen molar-refractivity contribution in [3.8, 4) is 16.9 Å². The van der Waals surface area contributed by atoms with E-state index in [2.05, 4.69) is 15.6 Å². The minimum Gasteiger partial charge on any atom is -0.378 e. The van der Waals surface area contributed by atoms with E-state index >= 15 is 0 Å². The van der Waals surface area contributed by atoms with Gasteiger partial charge in [-0.25, -0.2) is 9.48 Å². The minimum absolute atomic E-state index is 0.0176. The van der Waals surface area contributed by atoms with Gasteiger partial charge in [-0.15, -0.1) is 5.10 Å². The van der Waals surface area contributed by atoms with Crippen LogP contribution in [0.4, 0.5) is 16.3 Å². The number of hydrogen-bond acceptors (Lipinski definition) is 6. The molecule has 1 fully saturated rings. The van der Waals surface area contributed by atoms with Gasteiger partial charge in [-0.2, -0.15) is 0 Å². The third kappa shape index (κ3) is 3.92. The first kappa shape index (κ1) is 18.6. The highest BCUT2D eigenvalue weighted by molar-refractivity contribution is 5.92. The van der Waals surface area contributed by atoms with Crippen LogP contribution in [0.15, 0.2) is 54.6 Å². The molecular weight excluding hydrogens is 376 g/mol. The Morgan fingerprint density at radius 1 is 1.07 bits per heavy atom. The average Bonchev–Trinajstić information content (AvgIpc) is 3.18. The molecule has 0 spiro atoms. The van der Waals surface area contributed by atoms with Crippen LogP contribution in [-0.2, 0) is 4.74 Å². The third-order valence-corrected chi connectivity index (χ3v) is 4.55. The number of rotatable bonds is 4. The third-order valence-electron chi connectivity index (χ3n) is 4.55. The van der Waals surface area contributed by atoms with E-state index < -0.39 is 4.92 Å². The smallest absolute Gasteiger partial charge is 0.323 e. The predicted molar refractivity (Wildman–Crippen MR) is 105 cm³/mol. The van der Waals surface area contributed by atoms with Crippen molar-refractivity contribution in [1.82, 2.24) is 19.9 Å². The molecule has 2 heterocycles. The Labute approximate surface area is 165 Å². The zero-order chi connectivity index (χ0) is 20.2. The number of benzene rings is 2. The van der Waals surface area contributed by atoms with Gasteiger partial charge in [-0.3, -0.25) is 15.4 Å². The van der Waals surface area contributed by atoms with Crippen LogP contribution < -0.4 is 5.32 Å². The summed E-state index contributed by atoms with van der Waals surface area (Å²) in [6, 6.07) is 15.1. The van der Waals surface area contributed by atoms with Gasteiger partial charge in [0.05, 0.1) is 23.8 Å². The van der Waals surface area contributed by atoms with E-state index in [0.29, 0.717) is 43.5 Å². The number of non-ortho nitro benzene ring substituents is 1. The molecule has 0 unspecified atom stereocenters. The number of amides is 2. The van der Waals surface area contributed by atoms with Crippen molar-refractivity contribution in [2.24, 2.45) is 0 Å². The van der Waals surface area contributed by atoms with Crippen LogP contribution >= 0.6 is 0 Å². The number of nitro benzene ring substituents is 1. The van der Waals surface area contributed by atoms with Crippen molar-refractivity contribution >= 4 is 17.5 Å². The fraction of sp³-hybridized carbons (Fsp3) is 0.211. The first-order valence-corrected chi connectivity index (χ1v) is 9.03.